The van der Waals surface area contributed by atoms with Crippen LogP contribution < -0.4 is 15.5 Å². The Labute approximate surface area is 211 Å². The normalized spacial score (nSPS) is 20.7. The number of carboxylic acid groups (broad SMARTS) is 1. The number of carbonyl (C=O) groups is 1. The number of hydrogen-bond acceptors (Lipinski definition) is 8. The van der Waals surface area contributed by atoms with E-state index in [1.54, 1.807) is 19.9 Å². The number of anilines is 4. The monoisotopic (exact) mass is 520 g/mol. The van der Waals surface area contributed by atoms with Crippen molar-refractivity contribution in [3.63, 3.8) is 0 Å². The van der Waals surface area contributed by atoms with Gasteiger partial charge in [0.15, 0.2) is 0 Å². The van der Waals surface area contributed by atoms with E-state index in [2.05, 4.69) is 20.6 Å². The molecule has 0 saturated carbocycles. The fraction of sp³-hybridized carbons (Fsp3) is 0.500. The number of aliphatic carboxylic acids is 1. The molecule has 36 heavy (non-hydrogen) atoms. The summed E-state index contributed by atoms with van der Waals surface area (Å²) < 4.78 is 38.2. The number of nitrogens with one attached hydrogen (secondary N) is 3. The Morgan fingerprint density at radius 3 is 2.61 bits per heavy atom. The van der Waals surface area contributed by atoms with E-state index in [-0.39, 0.29) is 23.3 Å². The quantitative estimate of drug-likeness (QED) is 0.287. The highest BCUT2D eigenvalue weighted by atomic mass is 32.2. The molecule has 4 rings (SSSR count). The van der Waals surface area contributed by atoms with Crippen LogP contribution in [0.2, 0.25) is 0 Å². The van der Waals surface area contributed by atoms with Gasteiger partial charge in [0.2, 0.25) is 5.95 Å². The zero-order valence-electron chi connectivity index (χ0n) is 20.1. The summed E-state index contributed by atoms with van der Waals surface area (Å²) in [4.78, 5) is 22.8. The predicted molar refractivity (Wildman–Crippen MR) is 136 cm³/mol. The first-order chi connectivity index (χ1) is 17.1. The number of rotatable bonds is 9. The lowest BCUT2D eigenvalue weighted by atomic mass is 9.74. The highest BCUT2D eigenvalue weighted by molar-refractivity contribution is 7.91. The van der Waals surface area contributed by atoms with Crippen LogP contribution in [-0.2, 0) is 16.0 Å². The average Bonchev–Trinajstić information content (AvgIpc) is 2.79. The average molecular weight is 521 g/mol. The number of aromatic nitrogens is 2. The Morgan fingerprint density at radius 2 is 2.00 bits per heavy atom. The molecule has 2 aliphatic heterocycles. The van der Waals surface area contributed by atoms with E-state index in [0.29, 0.717) is 60.5 Å². The van der Waals surface area contributed by atoms with Crippen LogP contribution in [0.5, 0.6) is 0 Å². The standard InChI is InChI=1S/C24H30F2N6O3S/c1-24(2,22(33)34)15-12-32(13-15)21-18(11-27)20(28-17-5-3-4-14(10-17)19(25)26)30-23(31-21)29-16-6-8-36(35)9-7-16/h3-5,10-11,15-16,19,27H,6-9,12-13H2,1-2H3,(H,33,34)(H2,28,29,30,31). The van der Waals surface area contributed by atoms with E-state index in [4.69, 9.17) is 5.41 Å². The smallest absolute Gasteiger partial charge is 0.309 e. The van der Waals surface area contributed by atoms with Crippen LogP contribution in [-0.4, -0.2) is 62.4 Å². The second-order valence-electron chi connectivity index (χ2n) is 9.72. The van der Waals surface area contributed by atoms with E-state index in [1.807, 2.05) is 4.90 Å². The Morgan fingerprint density at radius 1 is 1.31 bits per heavy atom. The van der Waals surface area contributed by atoms with Gasteiger partial charge in [0, 0.05) is 55.4 Å². The van der Waals surface area contributed by atoms with E-state index in [9.17, 15) is 23.2 Å². The van der Waals surface area contributed by atoms with Crippen LogP contribution in [0.4, 0.5) is 32.1 Å². The SMILES string of the molecule is CC(C)(C(=O)O)C1CN(c2nc(NC3CC[S+]([O-])CC3)nc(Nc3cccc(C(F)F)c3)c2C=N)C1. The van der Waals surface area contributed by atoms with Crippen molar-refractivity contribution < 1.29 is 23.2 Å². The molecule has 0 atom stereocenters. The number of halogens is 2. The van der Waals surface area contributed by atoms with Gasteiger partial charge in [0.1, 0.15) is 23.1 Å². The third-order valence-corrected chi connectivity index (χ3v) is 8.33. The van der Waals surface area contributed by atoms with Gasteiger partial charge in [-0.3, -0.25) is 4.79 Å². The first kappa shape index (κ1) is 26.1. The zero-order chi connectivity index (χ0) is 26.0. The number of nitrogens with zero attached hydrogens (tertiary/aromatic N) is 3. The molecule has 0 spiro atoms. The third kappa shape index (κ3) is 5.54. The summed E-state index contributed by atoms with van der Waals surface area (Å²) in [5.74, 6) is 1.25. The molecule has 0 radical (unpaired) electrons. The summed E-state index contributed by atoms with van der Waals surface area (Å²) >= 11 is -0.822. The van der Waals surface area contributed by atoms with Gasteiger partial charge in [-0.2, -0.15) is 9.97 Å². The molecule has 0 amide bonds. The minimum atomic E-state index is -2.63. The summed E-state index contributed by atoms with van der Waals surface area (Å²) in [6.45, 7) is 4.27. The molecule has 0 bridgehead atoms. The van der Waals surface area contributed by atoms with Crippen LogP contribution in [0.15, 0.2) is 24.3 Å². The molecular formula is C24H30F2N6O3S. The predicted octanol–water partition coefficient (Wildman–Crippen LogP) is 4.03. The second-order valence-corrected chi connectivity index (χ2v) is 11.4. The molecule has 0 unspecified atom stereocenters. The summed E-state index contributed by atoms with van der Waals surface area (Å²) in [6.07, 6.45) is -0.109. The van der Waals surface area contributed by atoms with E-state index in [1.165, 1.54) is 18.2 Å². The van der Waals surface area contributed by atoms with Crippen molar-refractivity contribution in [2.75, 3.05) is 40.1 Å². The van der Waals surface area contributed by atoms with Crippen LogP contribution in [0.1, 0.15) is 44.2 Å². The first-order valence-electron chi connectivity index (χ1n) is 11.8. The summed E-state index contributed by atoms with van der Waals surface area (Å²) in [5, 5.41) is 24.0. The van der Waals surface area contributed by atoms with Crippen LogP contribution >= 0.6 is 0 Å². The van der Waals surface area contributed by atoms with Crippen molar-refractivity contribution in [3.05, 3.63) is 35.4 Å². The number of hydrogen-bond donors (Lipinski definition) is 4. The lowest BCUT2D eigenvalue weighted by molar-refractivity contribution is -0.150. The maximum Gasteiger partial charge on any atom is 0.309 e. The first-order valence-corrected chi connectivity index (χ1v) is 13.2. The van der Waals surface area contributed by atoms with Gasteiger partial charge in [-0.15, -0.1) is 0 Å². The highest BCUT2D eigenvalue weighted by Crippen LogP contribution is 2.39. The maximum atomic E-state index is 13.2. The Bertz CT molecular complexity index is 1120. The molecule has 0 aliphatic carbocycles. The zero-order valence-corrected chi connectivity index (χ0v) is 20.9. The lowest BCUT2D eigenvalue weighted by Crippen LogP contribution is -2.56. The molecule has 194 valence electrons. The van der Waals surface area contributed by atoms with Crippen molar-refractivity contribution in [1.82, 2.24) is 9.97 Å². The molecular weight excluding hydrogens is 490 g/mol. The van der Waals surface area contributed by atoms with Crippen molar-refractivity contribution in [2.24, 2.45) is 11.3 Å². The lowest BCUT2D eigenvalue weighted by Gasteiger charge is -2.46. The van der Waals surface area contributed by atoms with E-state index < -0.39 is 29.0 Å². The number of alkyl halides is 2. The molecule has 1 aromatic carbocycles. The maximum absolute atomic E-state index is 13.2. The molecule has 3 heterocycles. The van der Waals surface area contributed by atoms with Crippen molar-refractivity contribution in [3.8, 4) is 0 Å². The molecule has 1 aromatic heterocycles. The second kappa shape index (κ2) is 10.6. The van der Waals surface area contributed by atoms with Crippen LogP contribution in [0.25, 0.3) is 0 Å². The van der Waals surface area contributed by atoms with Gasteiger partial charge in [0.25, 0.3) is 6.43 Å². The Balaban J connectivity index is 1.65. The van der Waals surface area contributed by atoms with E-state index in [0.717, 1.165) is 6.21 Å². The van der Waals surface area contributed by atoms with Gasteiger partial charge in [0.05, 0.1) is 11.0 Å². The highest BCUT2D eigenvalue weighted by Gasteiger charge is 2.45. The largest absolute Gasteiger partial charge is 0.616 e. The molecule has 12 heteroatoms. The van der Waals surface area contributed by atoms with Crippen LogP contribution in [0.3, 0.4) is 0 Å². The minimum Gasteiger partial charge on any atom is -0.616 e. The van der Waals surface area contributed by atoms with Gasteiger partial charge >= 0.3 is 5.97 Å². The van der Waals surface area contributed by atoms with Gasteiger partial charge < -0.3 is 30.6 Å². The molecule has 9 nitrogen and oxygen atoms in total. The van der Waals surface area contributed by atoms with Gasteiger partial charge in [-0.1, -0.05) is 23.3 Å². The summed E-state index contributed by atoms with van der Waals surface area (Å²) in [6, 6.07) is 5.86. The third-order valence-electron chi connectivity index (χ3n) is 6.95. The van der Waals surface area contributed by atoms with E-state index >= 15 is 0 Å². The fourth-order valence-corrected chi connectivity index (χ4v) is 5.58. The van der Waals surface area contributed by atoms with Gasteiger partial charge in [-0.25, -0.2) is 8.78 Å². The molecule has 2 fully saturated rings. The molecule has 2 saturated heterocycles. The van der Waals surface area contributed by atoms with Crippen molar-refractivity contribution >= 4 is 46.6 Å². The summed E-state index contributed by atoms with van der Waals surface area (Å²) in [7, 11) is 0. The van der Waals surface area contributed by atoms with Crippen LogP contribution in [0, 0.1) is 16.7 Å². The number of benzene rings is 1. The van der Waals surface area contributed by atoms with Gasteiger partial charge in [-0.05, 0) is 26.0 Å². The molecule has 2 aromatic rings. The van der Waals surface area contributed by atoms with Crippen molar-refractivity contribution in [1.29, 1.82) is 5.41 Å². The Kier molecular flexibility index (Phi) is 7.65. The van der Waals surface area contributed by atoms with Crippen molar-refractivity contribution in [2.45, 2.75) is 39.2 Å². The Hall–Kier alpha value is -2.99. The topological polar surface area (TPSA) is 137 Å². The molecule has 4 N–H and O–H groups in total. The molecule has 2 aliphatic rings. The fourth-order valence-electron chi connectivity index (χ4n) is 4.28. The summed E-state index contributed by atoms with van der Waals surface area (Å²) in [5.41, 5.74) is -0.280. The minimum absolute atomic E-state index is 0.0338. The number of carboxylic acids is 1.